The molecule has 0 spiro atoms. The number of nitrogens with zero attached hydrogens (tertiary/aromatic N) is 1. The maximum Gasteiger partial charge on any atom is 0.274 e. The van der Waals surface area contributed by atoms with E-state index in [0.717, 1.165) is 5.56 Å². The zero-order chi connectivity index (χ0) is 21.9. The van der Waals surface area contributed by atoms with Gasteiger partial charge in [-0.2, -0.15) is 0 Å². The second kappa shape index (κ2) is 8.92. The number of halogens is 1. The van der Waals surface area contributed by atoms with E-state index < -0.39 is 0 Å². The highest BCUT2D eigenvalue weighted by Gasteiger charge is 2.22. The van der Waals surface area contributed by atoms with Crippen LogP contribution in [0.1, 0.15) is 66.7 Å². The first-order valence-electron chi connectivity index (χ1n) is 9.90. The van der Waals surface area contributed by atoms with Crippen molar-refractivity contribution in [2.75, 3.05) is 0 Å². The van der Waals surface area contributed by atoms with Crippen LogP contribution in [0.2, 0.25) is 5.02 Å². The van der Waals surface area contributed by atoms with Crippen LogP contribution in [0.4, 0.5) is 0 Å². The van der Waals surface area contributed by atoms with E-state index in [0.29, 0.717) is 22.1 Å². The molecule has 1 aromatic heterocycles. The molecule has 1 N–H and O–H groups in total. The van der Waals surface area contributed by atoms with E-state index in [4.69, 9.17) is 20.9 Å². The summed E-state index contributed by atoms with van der Waals surface area (Å²) in [5, 5.41) is 7.58. The van der Waals surface area contributed by atoms with Crippen LogP contribution in [0.3, 0.4) is 0 Å². The number of ether oxygens (including phenoxy) is 1. The fourth-order valence-electron chi connectivity index (χ4n) is 3.05. The Morgan fingerprint density at radius 2 is 1.77 bits per heavy atom. The van der Waals surface area contributed by atoms with Crippen LogP contribution < -0.4 is 10.1 Å². The Balaban J connectivity index is 1.68. The fourth-order valence-corrected chi connectivity index (χ4v) is 3.17. The third-order valence-electron chi connectivity index (χ3n) is 5.02. The minimum Gasteiger partial charge on any atom is -0.489 e. The number of rotatable bonds is 6. The maximum absolute atomic E-state index is 12.8. The summed E-state index contributed by atoms with van der Waals surface area (Å²) >= 11 is 5.90. The molecule has 0 saturated carbocycles. The lowest BCUT2D eigenvalue weighted by Gasteiger charge is -2.20. The number of amides is 1. The average Bonchev–Trinajstić information content (AvgIpc) is 3.07. The third kappa shape index (κ3) is 5.22. The molecule has 0 aliphatic rings. The maximum atomic E-state index is 12.8. The predicted molar refractivity (Wildman–Crippen MR) is 118 cm³/mol. The van der Waals surface area contributed by atoms with Crippen LogP contribution in [0.5, 0.6) is 5.75 Å². The van der Waals surface area contributed by atoms with Crippen LogP contribution in [-0.4, -0.2) is 11.1 Å². The molecule has 1 atom stereocenters. The van der Waals surface area contributed by atoms with E-state index in [-0.39, 0.29) is 29.7 Å². The van der Waals surface area contributed by atoms with E-state index in [2.05, 4.69) is 43.4 Å². The normalized spacial score (nSPS) is 12.5. The van der Waals surface area contributed by atoms with Crippen molar-refractivity contribution in [3.63, 3.8) is 0 Å². The van der Waals surface area contributed by atoms with Crippen molar-refractivity contribution in [1.82, 2.24) is 10.5 Å². The van der Waals surface area contributed by atoms with E-state index in [1.54, 1.807) is 31.2 Å². The summed E-state index contributed by atoms with van der Waals surface area (Å²) in [6.07, 6.45) is 0. The lowest BCUT2D eigenvalue weighted by molar-refractivity contribution is 0.0928. The molecule has 1 amide bonds. The molecule has 0 aliphatic carbocycles. The fraction of sp³-hybridized carbons (Fsp3) is 0.333. The van der Waals surface area contributed by atoms with Gasteiger partial charge in [0, 0.05) is 5.02 Å². The van der Waals surface area contributed by atoms with Crippen molar-refractivity contribution in [3.05, 3.63) is 81.7 Å². The zero-order valence-corrected chi connectivity index (χ0v) is 18.7. The molecular weight excluding hydrogens is 400 g/mol. The first kappa shape index (κ1) is 21.9. The van der Waals surface area contributed by atoms with Crippen molar-refractivity contribution in [2.45, 2.75) is 52.7 Å². The Hall–Kier alpha value is -2.79. The number of nitrogens with one attached hydrogen (secondary N) is 1. The van der Waals surface area contributed by atoms with Gasteiger partial charge < -0.3 is 14.6 Å². The largest absolute Gasteiger partial charge is 0.489 e. The molecule has 0 fully saturated rings. The van der Waals surface area contributed by atoms with Gasteiger partial charge >= 0.3 is 0 Å². The smallest absolute Gasteiger partial charge is 0.274 e. The molecule has 2 aromatic carbocycles. The second-order valence-electron chi connectivity index (χ2n) is 8.38. The lowest BCUT2D eigenvalue weighted by atomic mass is 9.86. The number of carbonyl (C=O) groups excluding carboxylic acids is 1. The number of hydrogen-bond acceptors (Lipinski definition) is 4. The van der Waals surface area contributed by atoms with Gasteiger partial charge in [-0.15, -0.1) is 0 Å². The van der Waals surface area contributed by atoms with Crippen LogP contribution >= 0.6 is 11.6 Å². The second-order valence-corrected chi connectivity index (χ2v) is 8.81. The molecule has 158 valence electrons. The SMILES string of the molecule is Cc1onc(C(=O)NC(C)c2ccc(C(C)(C)C)cc2)c1COc1ccc(Cl)cc1. The summed E-state index contributed by atoms with van der Waals surface area (Å²) in [4.78, 5) is 12.8. The van der Waals surface area contributed by atoms with E-state index in [1.165, 1.54) is 5.56 Å². The molecule has 6 heteroatoms. The Kier molecular flexibility index (Phi) is 6.52. The summed E-state index contributed by atoms with van der Waals surface area (Å²) in [5.41, 5.74) is 3.22. The number of carbonyl (C=O) groups is 1. The van der Waals surface area contributed by atoms with Crippen molar-refractivity contribution < 1.29 is 14.1 Å². The summed E-state index contributed by atoms with van der Waals surface area (Å²) in [6.45, 7) is 10.4. The van der Waals surface area contributed by atoms with Crippen molar-refractivity contribution >= 4 is 17.5 Å². The van der Waals surface area contributed by atoms with Crippen molar-refractivity contribution in [2.24, 2.45) is 0 Å². The van der Waals surface area contributed by atoms with Gasteiger partial charge in [-0.25, -0.2) is 0 Å². The van der Waals surface area contributed by atoms with Gasteiger partial charge in [0.25, 0.3) is 5.91 Å². The molecule has 0 saturated heterocycles. The summed E-state index contributed by atoms with van der Waals surface area (Å²) in [6, 6.07) is 15.2. The summed E-state index contributed by atoms with van der Waals surface area (Å²) < 4.78 is 11.0. The van der Waals surface area contributed by atoms with Gasteiger partial charge in [-0.1, -0.05) is 61.8 Å². The number of aromatic nitrogens is 1. The monoisotopic (exact) mass is 426 g/mol. The topological polar surface area (TPSA) is 64.4 Å². The van der Waals surface area contributed by atoms with E-state index in [9.17, 15) is 4.79 Å². The van der Waals surface area contributed by atoms with Gasteiger partial charge in [-0.3, -0.25) is 4.79 Å². The molecule has 1 unspecified atom stereocenters. The predicted octanol–water partition coefficient (Wildman–Crippen LogP) is 6.00. The number of hydrogen-bond donors (Lipinski definition) is 1. The Bertz CT molecular complexity index is 1000. The number of aryl methyl sites for hydroxylation is 1. The third-order valence-corrected chi connectivity index (χ3v) is 5.27. The van der Waals surface area contributed by atoms with Gasteiger partial charge in [0.2, 0.25) is 0 Å². The van der Waals surface area contributed by atoms with Crippen molar-refractivity contribution in [3.8, 4) is 5.75 Å². The molecule has 0 aliphatic heterocycles. The van der Waals surface area contributed by atoms with Gasteiger partial charge in [-0.05, 0) is 54.7 Å². The van der Waals surface area contributed by atoms with Gasteiger partial charge in [0.1, 0.15) is 18.1 Å². The summed E-state index contributed by atoms with van der Waals surface area (Å²) in [7, 11) is 0. The highest BCUT2D eigenvalue weighted by molar-refractivity contribution is 6.30. The molecule has 3 aromatic rings. The first-order valence-corrected chi connectivity index (χ1v) is 10.3. The minimum absolute atomic E-state index is 0.0856. The van der Waals surface area contributed by atoms with Crippen LogP contribution in [0.15, 0.2) is 53.1 Å². The highest BCUT2D eigenvalue weighted by atomic mass is 35.5. The van der Waals surface area contributed by atoms with Crippen LogP contribution in [0, 0.1) is 6.92 Å². The zero-order valence-electron chi connectivity index (χ0n) is 18.0. The molecule has 30 heavy (non-hydrogen) atoms. The first-order chi connectivity index (χ1) is 14.1. The van der Waals surface area contributed by atoms with Gasteiger partial charge in [0.15, 0.2) is 5.69 Å². The molecule has 5 nitrogen and oxygen atoms in total. The Labute approximate surface area is 182 Å². The molecule has 3 rings (SSSR count). The molecular formula is C24H27ClN2O3. The quantitative estimate of drug-likeness (QED) is 0.524. The molecule has 0 bridgehead atoms. The Morgan fingerprint density at radius 3 is 2.37 bits per heavy atom. The molecule has 1 heterocycles. The average molecular weight is 427 g/mol. The lowest BCUT2D eigenvalue weighted by Crippen LogP contribution is -2.28. The highest BCUT2D eigenvalue weighted by Crippen LogP contribution is 2.25. The van der Waals surface area contributed by atoms with Crippen molar-refractivity contribution in [1.29, 1.82) is 0 Å². The summed E-state index contributed by atoms with van der Waals surface area (Å²) in [5.74, 6) is 0.906. The van der Waals surface area contributed by atoms with E-state index in [1.807, 2.05) is 19.1 Å². The molecule has 0 radical (unpaired) electrons. The Morgan fingerprint density at radius 1 is 1.13 bits per heavy atom. The van der Waals surface area contributed by atoms with E-state index >= 15 is 0 Å². The minimum atomic E-state index is -0.297. The standard InChI is InChI=1S/C24H27ClN2O3/c1-15(17-6-8-18(9-7-17)24(3,4)5)26-23(28)22-21(16(2)30-27-22)14-29-20-12-10-19(25)11-13-20/h6-13,15H,14H2,1-5H3,(H,26,28). The van der Waals surface area contributed by atoms with Crippen LogP contribution in [0.25, 0.3) is 0 Å². The number of benzene rings is 2. The van der Waals surface area contributed by atoms with Gasteiger partial charge in [0.05, 0.1) is 11.6 Å². The van der Waals surface area contributed by atoms with Crippen LogP contribution in [-0.2, 0) is 12.0 Å².